The lowest BCUT2D eigenvalue weighted by molar-refractivity contribution is -0.147. The highest BCUT2D eigenvalue weighted by atomic mass is 32.2. The third-order valence-corrected chi connectivity index (χ3v) is 5.93. The average Bonchev–Trinajstić information content (AvgIpc) is 2.97. The number of hydrogen-bond acceptors (Lipinski definition) is 9. The average molecular weight is 372 g/mol. The summed E-state index contributed by atoms with van der Waals surface area (Å²) in [5, 5.41) is 24.8. The van der Waals surface area contributed by atoms with Gasteiger partial charge in [-0.25, -0.2) is 4.79 Å². The summed E-state index contributed by atoms with van der Waals surface area (Å²) in [5.74, 6) is -2.24. The highest BCUT2D eigenvalue weighted by Gasteiger charge is 2.51. The van der Waals surface area contributed by atoms with Gasteiger partial charge in [0.2, 0.25) is 11.8 Å². The van der Waals surface area contributed by atoms with Crippen molar-refractivity contribution in [1.29, 1.82) is 0 Å². The van der Waals surface area contributed by atoms with Crippen LogP contribution in [0.3, 0.4) is 0 Å². The standard InChI is InChI=1S/C12H12N4O6S2/c13-8-9(19)16-5(11(20)21)1-4(24-10(8)16)3-23-12-15-14-6(22-12)2-7(17)18/h1,4,8,10H,2-3,13H2,(H,17,18)(H,20,21)/t4?,8?,10-/m0/s1. The maximum atomic E-state index is 11.7. The van der Waals surface area contributed by atoms with Gasteiger partial charge in [0.1, 0.15) is 23.5 Å². The molecule has 10 nitrogen and oxygen atoms in total. The molecule has 4 N–H and O–H groups in total. The van der Waals surface area contributed by atoms with Gasteiger partial charge in [0, 0.05) is 11.0 Å². The fourth-order valence-corrected chi connectivity index (χ4v) is 4.64. The molecular weight excluding hydrogens is 360 g/mol. The lowest BCUT2D eigenvalue weighted by Gasteiger charge is -2.48. The summed E-state index contributed by atoms with van der Waals surface area (Å²) < 4.78 is 5.18. The fourth-order valence-electron chi connectivity index (χ4n) is 2.27. The summed E-state index contributed by atoms with van der Waals surface area (Å²) >= 11 is 2.57. The van der Waals surface area contributed by atoms with Crippen molar-refractivity contribution in [2.45, 2.75) is 28.3 Å². The molecule has 0 radical (unpaired) electrons. The molecule has 2 aliphatic rings. The van der Waals surface area contributed by atoms with Crippen molar-refractivity contribution in [3.8, 4) is 0 Å². The molecular formula is C12H12N4O6S2. The molecule has 1 fully saturated rings. The fraction of sp³-hybridized carbons (Fsp3) is 0.417. The second-order valence-corrected chi connectivity index (χ2v) is 7.33. The highest BCUT2D eigenvalue weighted by Crippen LogP contribution is 2.41. The van der Waals surface area contributed by atoms with Gasteiger partial charge in [0.25, 0.3) is 5.22 Å². The predicted molar refractivity (Wildman–Crippen MR) is 82.1 cm³/mol. The van der Waals surface area contributed by atoms with Gasteiger partial charge < -0.3 is 20.4 Å². The van der Waals surface area contributed by atoms with Gasteiger partial charge in [-0.15, -0.1) is 22.0 Å². The van der Waals surface area contributed by atoms with Crippen molar-refractivity contribution < 1.29 is 29.0 Å². The largest absolute Gasteiger partial charge is 0.481 e. The van der Waals surface area contributed by atoms with Crippen molar-refractivity contribution in [2.24, 2.45) is 5.73 Å². The number of aliphatic carboxylic acids is 2. The van der Waals surface area contributed by atoms with E-state index in [-0.39, 0.29) is 28.5 Å². The predicted octanol–water partition coefficient (Wildman–Crippen LogP) is -0.632. The van der Waals surface area contributed by atoms with Crippen LogP contribution in [-0.2, 0) is 20.8 Å². The zero-order valence-corrected chi connectivity index (χ0v) is 13.6. The van der Waals surface area contributed by atoms with E-state index in [4.69, 9.17) is 15.3 Å². The lowest BCUT2D eigenvalue weighted by Crippen LogP contribution is -2.68. The molecule has 1 aromatic rings. The molecule has 3 atom stereocenters. The number of rotatable bonds is 6. The number of fused-ring (bicyclic) bond motifs is 1. The van der Waals surface area contributed by atoms with Gasteiger partial charge >= 0.3 is 11.9 Å². The smallest absolute Gasteiger partial charge is 0.352 e. The number of β-lactam (4-membered cyclic amide) rings is 1. The number of aromatic nitrogens is 2. The molecule has 12 heteroatoms. The molecule has 128 valence electrons. The third kappa shape index (κ3) is 3.12. The zero-order chi connectivity index (χ0) is 17.4. The van der Waals surface area contributed by atoms with Crippen LogP contribution in [0, 0.1) is 0 Å². The van der Waals surface area contributed by atoms with Gasteiger partial charge in [-0.05, 0) is 6.08 Å². The normalized spacial score (nSPS) is 25.7. The number of amides is 1. The Morgan fingerprint density at radius 1 is 1.42 bits per heavy atom. The van der Waals surface area contributed by atoms with E-state index in [1.54, 1.807) is 0 Å². The Morgan fingerprint density at radius 2 is 2.17 bits per heavy atom. The number of thioether (sulfide) groups is 2. The first-order valence-electron chi connectivity index (χ1n) is 6.73. The van der Waals surface area contributed by atoms with Gasteiger partial charge in [-0.3, -0.25) is 14.5 Å². The van der Waals surface area contributed by atoms with Gasteiger partial charge in [0.15, 0.2) is 0 Å². The van der Waals surface area contributed by atoms with E-state index in [1.807, 2.05) is 0 Å². The van der Waals surface area contributed by atoms with Crippen molar-refractivity contribution in [3.05, 3.63) is 17.7 Å². The Kier molecular flexibility index (Phi) is 4.51. The Bertz CT molecular complexity index is 735. The first kappa shape index (κ1) is 16.8. The van der Waals surface area contributed by atoms with Crippen molar-refractivity contribution in [2.75, 3.05) is 5.75 Å². The van der Waals surface area contributed by atoms with Gasteiger partial charge in [0.05, 0.1) is 0 Å². The quantitative estimate of drug-likeness (QED) is 0.431. The monoisotopic (exact) mass is 372 g/mol. The minimum absolute atomic E-state index is 0.000788. The number of nitrogens with two attached hydrogens (primary N) is 1. The Balaban J connectivity index is 1.66. The van der Waals surface area contributed by atoms with E-state index in [9.17, 15) is 19.5 Å². The highest BCUT2D eigenvalue weighted by molar-refractivity contribution is 8.03. The van der Waals surface area contributed by atoms with E-state index >= 15 is 0 Å². The molecule has 0 bridgehead atoms. The number of hydrogen-bond donors (Lipinski definition) is 3. The molecule has 2 unspecified atom stereocenters. The van der Waals surface area contributed by atoms with Gasteiger partial charge in [-0.1, -0.05) is 11.8 Å². The number of carboxylic acid groups (broad SMARTS) is 2. The van der Waals surface area contributed by atoms with Crippen molar-refractivity contribution in [1.82, 2.24) is 15.1 Å². The minimum Gasteiger partial charge on any atom is -0.481 e. The summed E-state index contributed by atoms with van der Waals surface area (Å²) in [6.45, 7) is 0. The number of nitrogens with zero attached hydrogens (tertiary/aromatic N) is 3. The Hall–Kier alpha value is -2.05. The van der Waals surface area contributed by atoms with Crippen LogP contribution in [0.15, 0.2) is 21.4 Å². The molecule has 1 saturated heterocycles. The number of carbonyl (C=O) groups excluding carboxylic acids is 1. The number of carbonyl (C=O) groups is 3. The second-order valence-electron chi connectivity index (χ2n) is 5.00. The van der Waals surface area contributed by atoms with Crippen molar-refractivity contribution in [3.63, 3.8) is 0 Å². The maximum absolute atomic E-state index is 11.7. The summed E-state index contributed by atoms with van der Waals surface area (Å²) in [6, 6.07) is -0.712. The molecule has 1 aromatic heterocycles. The minimum atomic E-state index is -1.18. The van der Waals surface area contributed by atoms with E-state index in [0.717, 1.165) is 0 Å². The van der Waals surface area contributed by atoms with E-state index in [0.29, 0.717) is 5.75 Å². The first-order chi connectivity index (χ1) is 11.4. The third-order valence-electron chi connectivity index (χ3n) is 3.34. The van der Waals surface area contributed by atoms with Crippen molar-refractivity contribution >= 4 is 41.4 Å². The van der Waals surface area contributed by atoms with E-state index in [1.165, 1.54) is 34.5 Å². The molecule has 1 amide bonds. The number of carboxylic acids is 2. The summed E-state index contributed by atoms with van der Waals surface area (Å²) in [4.78, 5) is 34.8. The molecule has 0 aromatic carbocycles. The van der Waals surface area contributed by atoms with Crippen LogP contribution in [0.1, 0.15) is 5.89 Å². The van der Waals surface area contributed by atoms with E-state index in [2.05, 4.69) is 10.2 Å². The summed E-state index contributed by atoms with van der Waals surface area (Å²) in [6.07, 6.45) is 1.14. The molecule has 3 rings (SSSR count). The van der Waals surface area contributed by atoms with Crippen LogP contribution in [-0.4, -0.2) is 65.6 Å². The molecule has 3 heterocycles. The first-order valence-corrected chi connectivity index (χ1v) is 8.66. The second kappa shape index (κ2) is 6.45. The molecule has 0 spiro atoms. The van der Waals surface area contributed by atoms with Crippen LogP contribution in [0.2, 0.25) is 0 Å². The van der Waals surface area contributed by atoms with Crippen LogP contribution in [0.5, 0.6) is 0 Å². The lowest BCUT2D eigenvalue weighted by atomic mass is 10.1. The van der Waals surface area contributed by atoms with Crippen LogP contribution in [0.25, 0.3) is 0 Å². The SMILES string of the molecule is NC1C(=O)N2C(C(=O)O)=CC(CSc3nnc(CC(=O)O)o3)S[C@@H]12. The zero-order valence-electron chi connectivity index (χ0n) is 12.0. The molecule has 0 aliphatic carbocycles. The maximum Gasteiger partial charge on any atom is 0.352 e. The van der Waals surface area contributed by atoms with Crippen LogP contribution in [0.4, 0.5) is 0 Å². The summed E-state index contributed by atoms with van der Waals surface area (Å²) in [7, 11) is 0. The topological polar surface area (TPSA) is 160 Å². The molecule has 24 heavy (non-hydrogen) atoms. The Labute approximate surface area is 143 Å². The van der Waals surface area contributed by atoms with Gasteiger partial charge in [-0.2, -0.15) is 0 Å². The van der Waals surface area contributed by atoms with E-state index < -0.39 is 29.3 Å². The van der Waals surface area contributed by atoms with Crippen LogP contribution < -0.4 is 5.73 Å². The van der Waals surface area contributed by atoms with Crippen LogP contribution >= 0.6 is 23.5 Å². The molecule has 2 aliphatic heterocycles. The Morgan fingerprint density at radius 3 is 2.83 bits per heavy atom. The molecule has 0 saturated carbocycles. The summed E-state index contributed by atoms with van der Waals surface area (Å²) in [5.41, 5.74) is 5.65.